The zero-order valence-corrected chi connectivity index (χ0v) is 9.58. The minimum absolute atomic E-state index is 0.733. The third-order valence-corrected chi connectivity index (χ3v) is 3.10. The van der Waals surface area contributed by atoms with Crippen LogP contribution in [0.2, 0.25) is 0 Å². The lowest BCUT2D eigenvalue weighted by molar-refractivity contribution is 0.516. The molecular weight excluding hydrogens is 202 g/mol. The van der Waals surface area contributed by atoms with E-state index in [-0.39, 0.29) is 0 Å². The van der Waals surface area contributed by atoms with E-state index in [1.165, 1.54) is 5.69 Å². The summed E-state index contributed by atoms with van der Waals surface area (Å²) in [5, 5.41) is 3.35. The Kier molecular flexibility index (Phi) is 2.11. The number of hydrogen-bond acceptors (Lipinski definition) is 3. The molecule has 0 saturated heterocycles. The van der Waals surface area contributed by atoms with Gasteiger partial charge in [0.1, 0.15) is 5.76 Å². The molecule has 0 atom stereocenters. The van der Waals surface area contributed by atoms with E-state index in [4.69, 9.17) is 4.42 Å². The summed E-state index contributed by atoms with van der Waals surface area (Å²) in [5.74, 6) is 1.63. The van der Waals surface area contributed by atoms with Crippen molar-refractivity contribution >= 4 is 0 Å². The van der Waals surface area contributed by atoms with Gasteiger partial charge >= 0.3 is 0 Å². The number of hydrogen-bond donors (Lipinski definition) is 1. The first-order valence-electron chi connectivity index (χ1n) is 5.58. The van der Waals surface area contributed by atoms with Crippen molar-refractivity contribution in [1.82, 2.24) is 14.9 Å². The van der Waals surface area contributed by atoms with Gasteiger partial charge in [0.05, 0.1) is 11.3 Å². The highest BCUT2D eigenvalue weighted by atomic mass is 16.4. The van der Waals surface area contributed by atoms with Crippen LogP contribution >= 0.6 is 0 Å². The molecule has 0 saturated carbocycles. The van der Waals surface area contributed by atoms with Gasteiger partial charge in [0.25, 0.3) is 0 Å². The van der Waals surface area contributed by atoms with Crippen LogP contribution in [0.25, 0.3) is 11.5 Å². The summed E-state index contributed by atoms with van der Waals surface area (Å²) < 4.78 is 7.90. The smallest absolute Gasteiger partial charge is 0.228 e. The SMILES string of the molecule is Cc1nc(-c2cc3n(c2)CCNC3)oc1C. The van der Waals surface area contributed by atoms with Gasteiger partial charge in [-0.1, -0.05) is 0 Å². The number of aromatic nitrogens is 2. The van der Waals surface area contributed by atoms with E-state index in [0.717, 1.165) is 42.5 Å². The molecule has 84 valence electrons. The summed E-state index contributed by atoms with van der Waals surface area (Å²) in [4.78, 5) is 4.42. The third-order valence-electron chi connectivity index (χ3n) is 3.10. The lowest BCUT2D eigenvalue weighted by Gasteiger charge is -2.15. The fraction of sp³-hybridized carbons (Fsp3) is 0.417. The van der Waals surface area contributed by atoms with Gasteiger partial charge in [-0.15, -0.1) is 0 Å². The van der Waals surface area contributed by atoms with Crippen LogP contribution in [0.15, 0.2) is 16.7 Å². The molecule has 0 unspecified atom stereocenters. The van der Waals surface area contributed by atoms with E-state index in [1.54, 1.807) is 0 Å². The van der Waals surface area contributed by atoms with Gasteiger partial charge < -0.3 is 14.3 Å². The van der Waals surface area contributed by atoms with Crippen LogP contribution in [0.4, 0.5) is 0 Å². The Morgan fingerprint density at radius 2 is 2.31 bits per heavy atom. The van der Waals surface area contributed by atoms with Crippen LogP contribution in [-0.2, 0) is 13.1 Å². The maximum atomic E-state index is 5.63. The molecule has 0 aromatic carbocycles. The Hall–Kier alpha value is -1.55. The molecule has 4 heteroatoms. The Morgan fingerprint density at radius 3 is 3.00 bits per heavy atom. The van der Waals surface area contributed by atoms with Gasteiger partial charge in [-0.3, -0.25) is 0 Å². The monoisotopic (exact) mass is 217 g/mol. The highest BCUT2D eigenvalue weighted by molar-refractivity contribution is 5.54. The lowest BCUT2D eigenvalue weighted by atomic mass is 10.3. The minimum atomic E-state index is 0.733. The Balaban J connectivity index is 2.03. The normalized spacial score (nSPS) is 15.1. The van der Waals surface area contributed by atoms with Crippen LogP contribution in [-0.4, -0.2) is 16.1 Å². The predicted molar refractivity (Wildman–Crippen MR) is 61.1 cm³/mol. The van der Waals surface area contributed by atoms with E-state index >= 15 is 0 Å². The maximum absolute atomic E-state index is 5.63. The van der Waals surface area contributed by atoms with Gasteiger partial charge in [0.2, 0.25) is 5.89 Å². The van der Waals surface area contributed by atoms with E-state index in [2.05, 4.69) is 27.1 Å². The van der Waals surface area contributed by atoms with Crippen LogP contribution < -0.4 is 5.32 Å². The zero-order chi connectivity index (χ0) is 11.1. The first-order chi connectivity index (χ1) is 7.74. The number of nitrogens with one attached hydrogen (secondary N) is 1. The zero-order valence-electron chi connectivity index (χ0n) is 9.58. The minimum Gasteiger partial charge on any atom is -0.441 e. The van der Waals surface area contributed by atoms with Crippen molar-refractivity contribution in [1.29, 1.82) is 0 Å². The van der Waals surface area contributed by atoms with Crippen molar-refractivity contribution < 1.29 is 4.42 Å². The van der Waals surface area contributed by atoms with Gasteiger partial charge in [0, 0.05) is 31.5 Å². The van der Waals surface area contributed by atoms with Gasteiger partial charge in [-0.25, -0.2) is 4.98 Å². The van der Waals surface area contributed by atoms with E-state index in [1.807, 2.05) is 13.8 Å². The first-order valence-corrected chi connectivity index (χ1v) is 5.58. The fourth-order valence-corrected chi connectivity index (χ4v) is 2.04. The molecule has 4 nitrogen and oxygen atoms in total. The molecule has 0 spiro atoms. The maximum Gasteiger partial charge on any atom is 0.228 e. The van der Waals surface area contributed by atoms with Crippen molar-refractivity contribution in [3.63, 3.8) is 0 Å². The highest BCUT2D eigenvalue weighted by Crippen LogP contribution is 2.24. The van der Waals surface area contributed by atoms with E-state index in [0.29, 0.717) is 0 Å². The molecule has 0 radical (unpaired) electrons. The molecule has 0 amide bonds. The molecule has 0 bridgehead atoms. The van der Waals surface area contributed by atoms with Gasteiger partial charge in [-0.05, 0) is 19.9 Å². The molecule has 0 fully saturated rings. The Bertz CT molecular complexity index is 481. The molecule has 1 N–H and O–H groups in total. The second kappa shape index (κ2) is 3.49. The van der Waals surface area contributed by atoms with Crippen molar-refractivity contribution in [2.45, 2.75) is 26.9 Å². The van der Waals surface area contributed by atoms with Crippen LogP contribution in [0.5, 0.6) is 0 Å². The number of aryl methyl sites for hydroxylation is 2. The lowest BCUT2D eigenvalue weighted by Crippen LogP contribution is -2.27. The molecule has 1 aliphatic heterocycles. The van der Waals surface area contributed by atoms with Crippen molar-refractivity contribution in [3.05, 3.63) is 29.4 Å². The molecule has 1 aliphatic rings. The van der Waals surface area contributed by atoms with E-state index in [9.17, 15) is 0 Å². The standard InChI is InChI=1S/C12H15N3O/c1-8-9(2)16-12(14-8)10-5-11-6-13-3-4-15(11)7-10/h5,7,13H,3-4,6H2,1-2H3. The van der Waals surface area contributed by atoms with Crippen LogP contribution in [0.1, 0.15) is 17.1 Å². The fourth-order valence-electron chi connectivity index (χ4n) is 2.04. The molecule has 2 aromatic heterocycles. The molecule has 2 aromatic rings. The molecule has 16 heavy (non-hydrogen) atoms. The average Bonchev–Trinajstić information content (AvgIpc) is 2.83. The second-order valence-electron chi connectivity index (χ2n) is 4.25. The number of oxazole rings is 1. The molecular formula is C12H15N3O. The van der Waals surface area contributed by atoms with Crippen molar-refractivity contribution in [2.24, 2.45) is 0 Å². The first kappa shape index (κ1) is 9.66. The highest BCUT2D eigenvalue weighted by Gasteiger charge is 2.14. The topological polar surface area (TPSA) is 43.0 Å². The quantitative estimate of drug-likeness (QED) is 0.793. The molecule has 3 heterocycles. The Morgan fingerprint density at radius 1 is 1.44 bits per heavy atom. The molecule has 3 rings (SSSR count). The summed E-state index contributed by atoms with van der Waals surface area (Å²) in [6, 6.07) is 2.15. The average molecular weight is 217 g/mol. The summed E-state index contributed by atoms with van der Waals surface area (Å²) >= 11 is 0. The molecule has 0 aliphatic carbocycles. The van der Waals surface area contributed by atoms with Crippen molar-refractivity contribution in [3.8, 4) is 11.5 Å². The van der Waals surface area contributed by atoms with Crippen molar-refractivity contribution in [2.75, 3.05) is 6.54 Å². The Labute approximate surface area is 94.3 Å². The summed E-state index contributed by atoms with van der Waals surface area (Å²) in [5.41, 5.74) is 3.35. The van der Waals surface area contributed by atoms with Gasteiger partial charge in [-0.2, -0.15) is 0 Å². The summed E-state index contributed by atoms with van der Waals surface area (Å²) in [6.45, 7) is 6.90. The second-order valence-corrected chi connectivity index (χ2v) is 4.25. The van der Waals surface area contributed by atoms with Crippen LogP contribution in [0, 0.1) is 13.8 Å². The van der Waals surface area contributed by atoms with Crippen LogP contribution in [0.3, 0.4) is 0 Å². The third kappa shape index (κ3) is 1.46. The largest absolute Gasteiger partial charge is 0.441 e. The van der Waals surface area contributed by atoms with E-state index < -0.39 is 0 Å². The predicted octanol–water partition coefficient (Wildman–Crippen LogP) is 1.86. The number of nitrogens with zero attached hydrogens (tertiary/aromatic N) is 2. The summed E-state index contributed by atoms with van der Waals surface area (Å²) in [6.07, 6.45) is 2.13. The number of fused-ring (bicyclic) bond motifs is 1. The van der Waals surface area contributed by atoms with Gasteiger partial charge in [0.15, 0.2) is 0 Å². The number of rotatable bonds is 1. The summed E-state index contributed by atoms with van der Waals surface area (Å²) in [7, 11) is 0.